The lowest BCUT2D eigenvalue weighted by molar-refractivity contribution is -0.127. The summed E-state index contributed by atoms with van der Waals surface area (Å²) in [5, 5.41) is 1.28. The second-order valence-electron chi connectivity index (χ2n) is 9.71. The maximum atomic E-state index is 13.6. The maximum absolute atomic E-state index is 13.6. The second kappa shape index (κ2) is 10.7. The van der Waals surface area contributed by atoms with E-state index in [-0.39, 0.29) is 40.5 Å². The molecule has 0 aliphatic carbocycles. The number of hydrazine groups is 1. The smallest absolute Gasteiger partial charge is 0.259 e. The van der Waals surface area contributed by atoms with Gasteiger partial charge in [0.1, 0.15) is 6.04 Å². The van der Waals surface area contributed by atoms with Crippen molar-refractivity contribution in [2.45, 2.75) is 48.3 Å². The quantitative estimate of drug-likeness (QED) is 0.323. The van der Waals surface area contributed by atoms with Crippen molar-refractivity contribution in [1.82, 2.24) is 14.1 Å². The fourth-order valence-corrected chi connectivity index (χ4v) is 7.93. The van der Waals surface area contributed by atoms with Gasteiger partial charge >= 0.3 is 0 Å². The summed E-state index contributed by atoms with van der Waals surface area (Å²) in [6.45, 7) is 5.57. The molecule has 198 valence electrons. The van der Waals surface area contributed by atoms with Gasteiger partial charge in [0, 0.05) is 18.3 Å². The Balaban J connectivity index is 1.63. The van der Waals surface area contributed by atoms with E-state index in [9.17, 15) is 21.6 Å². The van der Waals surface area contributed by atoms with E-state index in [0.29, 0.717) is 0 Å². The SMILES string of the molecule is Cc1ccc(S(=O)(=O)N(CC(C)C)NC(=O)[C@@H]2C[C@@H](S)CN2S(=O)(=O)c2ccc3ccccc3c2)cc1. The van der Waals surface area contributed by atoms with Crippen LogP contribution in [-0.2, 0) is 24.8 Å². The molecule has 37 heavy (non-hydrogen) atoms. The molecule has 8 nitrogen and oxygen atoms in total. The number of aryl methyl sites for hydroxylation is 1. The number of amides is 1. The number of sulfonamides is 2. The zero-order chi connectivity index (χ0) is 27.0. The van der Waals surface area contributed by atoms with Crippen LogP contribution in [0.15, 0.2) is 76.5 Å². The lowest BCUT2D eigenvalue weighted by Gasteiger charge is -2.28. The van der Waals surface area contributed by atoms with Crippen LogP contribution in [0.3, 0.4) is 0 Å². The standard InChI is InChI=1S/C26H31N3O5S3/c1-18(2)16-29(37(33,34)23-11-8-19(3)9-12-23)27-26(30)25-15-22(35)17-28(25)36(31,32)24-13-10-20-6-4-5-7-21(20)14-24/h4-14,18,22,25,35H,15-17H2,1-3H3,(H,27,30)/t22-,25+/m1/s1. The Morgan fingerprint density at radius 3 is 2.27 bits per heavy atom. The zero-order valence-electron chi connectivity index (χ0n) is 20.9. The van der Waals surface area contributed by atoms with Gasteiger partial charge in [0.2, 0.25) is 10.0 Å². The minimum atomic E-state index is -4.07. The van der Waals surface area contributed by atoms with Gasteiger partial charge in [-0.05, 0) is 54.3 Å². The predicted octanol–water partition coefficient (Wildman–Crippen LogP) is 3.59. The molecular weight excluding hydrogens is 531 g/mol. The van der Waals surface area contributed by atoms with Gasteiger partial charge in [-0.15, -0.1) is 4.41 Å². The molecule has 1 heterocycles. The number of hydrogen-bond donors (Lipinski definition) is 2. The van der Waals surface area contributed by atoms with E-state index in [4.69, 9.17) is 0 Å². The van der Waals surface area contributed by atoms with E-state index in [1.54, 1.807) is 24.3 Å². The Labute approximate surface area is 224 Å². The van der Waals surface area contributed by atoms with Crippen molar-refractivity contribution in [3.63, 3.8) is 0 Å². The molecule has 1 saturated heterocycles. The summed E-state index contributed by atoms with van der Waals surface area (Å²) in [6, 6.07) is 17.5. The second-order valence-corrected chi connectivity index (χ2v) is 14.2. The Hall–Kier alpha value is -2.44. The lowest BCUT2D eigenvalue weighted by Crippen LogP contribution is -2.54. The number of fused-ring (bicyclic) bond motifs is 1. The molecule has 1 aliphatic rings. The van der Waals surface area contributed by atoms with Crippen molar-refractivity contribution in [3.05, 3.63) is 72.3 Å². The summed E-state index contributed by atoms with van der Waals surface area (Å²) in [5.41, 5.74) is 3.42. The minimum Gasteiger partial charge on any atom is -0.274 e. The van der Waals surface area contributed by atoms with E-state index in [2.05, 4.69) is 18.1 Å². The van der Waals surface area contributed by atoms with Crippen molar-refractivity contribution in [3.8, 4) is 0 Å². The molecule has 11 heteroatoms. The molecule has 0 unspecified atom stereocenters. The molecule has 0 spiro atoms. The molecule has 1 amide bonds. The van der Waals surface area contributed by atoms with Crippen LogP contribution < -0.4 is 5.43 Å². The maximum Gasteiger partial charge on any atom is 0.259 e. The molecule has 0 radical (unpaired) electrons. The summed E-state index contributed by atoms with van der Waals surface area (Å²) < 4.78 is 56.1. The molecule has 2 atom stereocenters. The topological polar surface area (TPSA) is 104 Å². The highest BCUT2D eigenvalue weighted by molar-refractivity contribution is 7.89. The Morgan fingerprint density at radius 1 is 1.00 bits per heavy atom. The summed E-state index contributed by atoms with van der Waals surface area (Å²) >= 11 is 4.46. The summed E-state index contributed by atoms with van der Waals surface area (Å²) in [6.07, 6.45) is 0.155. The third kappa shape index (κ3) is 5.85. The number of carbonyl (C=O) groups is 1. The monoisotopic (exact) mass is 561 g/mol. The van der Waals surface area contributed by atoms with Crippen molar-refractivity contribution in [2.75, 3.05) is 13.1 Å². The molecule has 3 aromatic carbocycles. The van der Waals surface area contributed by atoms with Crippen LogP contribution in [0.5, 0.6) is 0 Å². The van der Waals surface area contributed by atoms with Crippen LogP contribution in [0, 0.1) is 12.8 Å². The first kappa shape index (κ1) is 27.6. The number of hydrogen-bond acceptors (Lipinski definition) is 6. The number of thiol groups is 1. The average molecular weight is 562 g/mol. The molecule has 1 fully saturated rings. The molecule has 0 aromatic heterocycles. The van der Waals surface area contributed by atoms with Crippen LogP contribution in [-0.4, -0.2) is 55.8 Å². The van der Waals surface area contributed by atoms with Crippen LogP contribution in [0.1, 0.15) is 25.8 Å². The summed E-state index contributed by atoms with van der Waals surface area (Å²) in [4.78, 5) is 13.6. The number of benzene rings is 3. The Bertz CT molecular complexity index is 1510. The molecular formula is C26H31N3O5S3. The van der Waals surface area contributed by atoms with E-state index in [0.717, 1.165) is 25.1 Å². The van der Waals surface area contributed by atoms with Gasteiger partial charge in [-0.2, -0.15) is 16.9 Å². The highest BCUT2D eigenvalue weighted by Gasteiger charge is 2.44. The highest BCUT2D eigenvalue weighted by Crippen LogP contribution is 2.30. The van der Waals surface area contributed by atoms with E-state index in [1.165, 1.54) is 18.2 Å². The van der Waals surface area contributed by atoms with Gasteiger partial charge < -0.3 is 0 Å². The molecule has 1 N–H and O–H groups in total. The van der Waals surface area contributed by atoms with Crippen molar-refractivity contribution in [1.29, 1.82) is 0 Å². The number of carbonyl (C=O) groups excluding carboxylic acids is 1. The van der Waals surface area contributed by atoms with Gasteiger partial charge in [0.25, 0.3) is 15.9 Å². The predicted molar refractivity (Wildman–Crippen MR) is 147 cm³/mol. The van der Waals surface area contributed by atoms with Crippen LogP contribution >= 0.6 is 12.6 Å². The first-order valence-corrected chi connectivity index (χ1v) is 15.4. The minimum absolute atomic E-state index is 0.0242. The van der Waals surface area contributed by atoms with Crippen LogP contribution in [0.25, 0.3) is 10.8 Å². The molecule has 3 aromatic rings. The third-order valence-electron chi connectivity index (χ3n) is 6.24. The van der Waals surface area contributed by atoms with Crippen molar-refractivity contribution in [2.24, 2.45) is 5.92 Å². The number of rotatable bonds is 8. The average Bonchev–Trinajstić information content (AvgIpc) is 3.26. The molecule has 0 saturated carbocycles. The first-order chi connectivity index (χ1) is 17.4. The van der Waals surface area contributed by atoms with Gasteiger partial charge in [-0.25, -0.2) is 16.8 Å². The third-order valence-corrected chi connectivity index (χ3v) is 10.2. The van der Waals surface area contributed by atoms with Gasteiger partial charge in [-0.1, -0.05) is 61.9 Å². The van der Waals surface area contributed by atoms with E-state index >= 15 is 0 Å². The zero-order valence-corrected chi connectivity index (χ0v) is 23.4. The van der Waals surface area contributed by atoms with Gasteiger partial charge in [0.05, 0.1) is 9.79 Å². The van der Waals surface area contributed by atoms with Crippen LogP contribution in [0.4, 0.5) is 0 Å². The number of nitrogens with zero attached hydrogens (tertiary/aromatic N) is 2. The normalized spacial score (nSPS) is 19.1. The molecule has 4 rings (SSSR count). The highest BCUT2D eigenvalue weighted by atomic mass is 32.2. The Morgan fingerprint density at radius 2 is 1.62 bits per heavy atom. The van der Waals surface area contributed by atoms with Gasteiger partial charge in [-0.3, -0.25) is 10.2 Å². The largest absolute Gasteiger partial charge is 0.274 e. The molecule has 1 aliphatic heterocycles. The van der Waals surface area contributed by atoms with Gasteiger partial charge in [0.15, 0.2) is 0 Å². The number of nitrogens with one attached hydrogen (secondary N) is 1. The van der Waals surface area contributed by atoms with E-state index < -0.39 is 32.0 Å². The summed E-state index contributed by atoms with van der Waals surface area (Å²) in [5.74, 6) is -0.809. The fraction of sp³-hybridized carbons (Fsp3) is 0.346. The summed E-state index contributed by atoms with van der Waals surface area (Å²) in [7, 11) is -8.12. The van der Waals surface area contributed by atoms with Crippen molar-refractivity contribution < 1.29 is 21.6 Å². The molecule has 0 bridgehead atoms. The van der Waals surface area contributed by atoms with Crippen molar-refractivity contribution >= 4 is 49.4 Å². The lowest BCUT2D eigenvalue weighted by atomic mass is 10.1. The Kier molecular flexibility index (Phi) is 8.01. The fourth-order valence-electron chi connectivity index (χ4n) is 4.32. The first-order valence-electron chi connectivity index (χ1n) is 12.0. The van der Waals surface area contributed by atoms with Crippen LogP contribution in [0.2, 0.25) is 0 Å². The van der Waals surface area contributed by atoms with E-state index in [1.807, 2.05) is 45.0 Å².